The number of hydrogen-bond donors (Lipinski definition) is 2. The third-order valence-electron chi connectivity index (χ3n) is 4.48. The van der Waals surface area contributed by atoms with E-state index in [4.69, 9.17) is 17.0 Å². The third kappa shape index (κ3) is 4.44. The molecule has 1 heterocycles. The molecule has 0 atom stereocenters. The number of nitrogens with one attached hydrogen (secondary N) is 2. The zero-order valence-corrected chi connectivity index (χ0v) is 16.1. The Balaban J connectivity index is 1.72. The van der Waals surface area contributed by atoms with Gasteiger partial charge in [0, 0.05) is 30.3 Å². The van der Waals surface area contributed by atoms with Gasteiger partial charge in [0.2, 0.25) is 0 Å². The lowest BCUT2D eigenvalue weighted by Gasteiger charge is -2.30. The molecule has 146 valence electrons. The summed E-state index contributed by atoms with van der Waals surface area (Å²) in [5.74, 6) is -0.498. The van der Waals surface area contributed by atoms with Crippen LogP contribution in [0.1, 0.15) is 15.9 Å². The molecule has 0 saturated carbocycles. The number of ether oxygens (including phenoxy) is 1. The maximum absolute atomic E-state index is 12.5. The highest BCUT2D eigenvalue weighted by atomic mass is 32.1. The number of nitro groups is 1. The Morgan fingerprint density at radius 1 is 1.18 bits per heavy atom. The van der Waals surface area contributed by atoms with Crippen LogP contribution < -0.4 is 15.5 Å². The number of rotatable bonds is 4. The summed E-state index contributed by atoms with van der Waals surface area (Å²) < 4.78 is 5.39. The largest absolute Gasteiger partial charge is 0.378 e. The summed E-state index contributed by atoms with van der Waals surface area (Å²) in [4.78, 5) is 25.3. The molecule has 1 aliphatic rings. The SMILES string of the molecule is Cc1c(C(=O)NC(=S)Nc2ccccc2N2CCOCC2)cccc1[N+](=O)[O-]. The van der Waals surface area contributed by atoms with Gasteiger partial charge in [-0.1, -0.05) is 18.2 Å². The highest BCUT2D eigenvalue weighted by Crippen LogP contribution is 2.26. The van der Waals surface area contributed by atoms with Crippen LogP contribution in [0.15, 0.2) is 42.5 Å². The molecule has 2 aromatic carbocycles. The second-order valence-corrected chi connectivity index (χ2v) is 6.64. The van der Waals surface area contributed by atoms with E-state index < -0.39 is 10.8 Å². The average Bonchev–Trinajstić information content (AvgIpc) is 2.68. The predicted molar refractivity (Wildman–Crippen MR) is 111 cm³/mol. The van der Waals surface area contributed by atoms with Gasteiger partial charge >= 0.3 is 0 Å². The number of amides is 1. The minimum absolute atomic E-state index is 0.107. The van der Waals surface area contributed by atoms with Crippen LogP contribution in [0.25, 0.3) is 0 Å². The van der Waals surface area contributed by atoms with E-state index in [1.54, 1.807) is 0 Å². The quantitative estimate of drug-likeness (QED) is 0.463. The standard InChI is InChI=1S/C19H20N4O4S/c1-13-14(5-4-8-16(13)23(25)26)18(24)21-19(28)20-15-6-2-3-7-17(15)22-9-11-27-12-10-22/h2-8H,9-12H2,1H3,(H2,20,21,24,28). The number of anilines is 2. The first-order chi connectivity index (χ1) is 13.5. The lowest BCUT2D eigenvalue weighted by atomic mass is 10.1. The van der Waals surface area contributed by atoms with Crippen LogP contribution in [-0.2, 0) is 4.74 Å². The molecule has 0 aromatic heterocycles. The van der Waals surface area contributed by atoms with Gasteiger partial charge in [0.15, 0.2) is 5.11 Å². The minimum atomic E-state index is -0.513. The Hall–Kier alpha value is -3.04. The molecule has 2 aromatic rings. The van der Waals surface area contributed by atoms with Gasteiger partial charge in [-0.2, -0.15) is 0 Å². The van der Waals surface area contributed by atoms with E-state index in [0.29, 0.717) is 18.8 Å². The number of nitro benzene ring substituents is 1. The van der Waals surface area contributed by atoms with Crippen molar-refractivity contribution >= 4 is 40.3 Å². The molecule has 1 aliphatic heterocycles. The minimum Gasteiger partial charge on any atom is -0.378 e. The van der Waals surface area contributed by atoms with Gasteiger partial charge in [-0.15, -0.1) is 0 Å². The predicted octanol–water partition coefficient (Wildman–Crippen LogP) is 2.87. The molecule has 1 saturated heterocycles. The normalized spacial score (nSPS) is 13.7. The third-order valence-corrected chi connectivity index (χ3v) is 4.68. The van der Waals surface area contributed by atoms with Crippen molar-refractivity contribution < 1.29 is 14.5 Å². The van der Waals surface area contributed by atoms with Crippen LogP contribution in [0.2, 0.25) is 0 Å². The molecule has 0 spiro atoms. The first-order valence-corrected chi connectivity index (χ1v) is 9.16. The number of benzene rings is 2. The lowest BCUT2D eigenvalue weighted by molar-refractivity contribution is -0.385. The first kappa shape index (κ1) is 19.7. The lowest BCUT2D eigenvalue weighted by Crippen LogP contribution is -2.38. The van der Waals surface area contributed by atoms with Crippen LogP contribution in [-0.4, -0.2) is 42.2 Å². The van der Waals surface area contributed by atoms with Crippen LogP contribution in [0, 0.1) is 17.0 Å². The van der Waals surface area contributed by atoms with Gasteiger partial charge in [-0.25, -0.2) is 0 Å². The number of para-hydroxylation sites is 2. The van der Waals surface area contributed by atoms with Crippen molar-refractivity contribution in [1.29, 1.82) is 0 Å². The summed E-state index contributed by atoms with van der Waals surface area (Å²) in [6.45, 7) is 4.38. The molecule has 0 unspecified atom stereocenters. The highest BCUT2D eigenvalue weighted by molar-refractivity contribution is 7.80. The van der Waals surface area contributed by atoms with Crippen molar-refractivity contribution in [3.63, 3.8) is 0 Å². The summed E-state index contributed by atoms with van der Waals surface area (Å²) in [7, 11) is 0. The van der Waals surface area contributed by atoms with Gasteiger partial charge in [-0.05, 0) is 37.3 Å². The zero-order chi connectivity index (χ0) is 20.1. The van der Waals surface area contributed by atoms with E-state index in [9.17, 15) is 14.9 Å². The maximum Gasteiger partial charge on any atom is 0.273 e. The fourth-order valence-corrected chi connectivity index (χ4v) is 3.25. The summed E-state index contributed by atoms with van der Waals surface area (Å²) in [5, 5.41) is 16.8. The highest BCUT2D eigenvalue weighted by Gasteiger charge is 2.19. The van der Waals surface area contributed by atoms with Crippen LogP contribution in [0.3, 0.4) is 0 Å². The molecule has 0 aliphatic carbocycles. The Labute approximate surface area is 167 Å². The van der Waals surface area contributed by atoms with E-state index in [2.05, 4.69) is 15.5 Å². The molecule has 1 fully saturated rings. The average molecular weight is 400 g/mol. The molecule has 28 heavy (non-hydrogen) atoms. The van der Waals surface area contributed by atoms with Crippen LogP contribution in [0.5, 0.6) is 0 Å². The molecule has 2 N–H and O–H groups in total. The van der Waals surface area contributed by atoms with E-state index in [1.807, 2.05) is 24.3 Å². The van der Waals surface area contributed by atoms with Crippen molar-refractivity contribution in [3.8, 4) is 0 Å². The molecule has 1 amide bonds. The van der Waals surface area contributed by atoms with Crippen molar-refractivity contribution in [2.24, 2.45) is 0 Å². The number of morpholine rings is 1. The number of carbonyl (C=O) groups excluding carboxylic acids is 1. The number of carbonyl (C=O) groups is 1. The fraction of sp³-hybridized carbons (Fsp3) is 0.263. The molecular formula is C19H20N4O4S. The van der Waals surface area contributed by atoms with E-state index >= 15 is 0 Å². The molecule has 3 rings (SSSR count). The zero-order valence-electron chi connectivity index (χ0n) is 15.3. The summed E-state index contributed by atoms with van der Waals surface area (Å²) >= 11 is 5.28. The topological polar surface area (TPSA) is 96.7 Å². The Morgan fingerprint density at radius 3 is 2.61 bits per heavy atom. The number of hydrogen-bond acceptors (Lipinski definition) is 6. The monoisotopic (exact) mass is 400 g/mol. The fourth-order valence-electron chi connectivity index (χ4n) is 3.05. The van der Waals surface area contributed by atoms with Gasteiger partial charge in [0.1, 0.15) is 0 Å². The van der Waals surface area contributed by atoms with Gasteiger partial charge in [0.05, 0.1) is 29.5 Å². The molecular weight excluding hydrogens is 380 g/mol. The molecule has 0 radical (unpaired) electrons. The molecule has 0 bridgehead atoms. The summed E-state index contributed by atoms with van der Waals surface area (Å²) in [5.41, 5.74) is 2.13. The number of nitrogens with zero attached hydrogens (tertiary/aromatic N) is 2. The van der Waals surface area contributed by atoms with E-state index in [1.165, 1.54) is 25.1 Å². The van der Waals surface area contributed by atoms with Crippen molar-refractivity contribution in [1.82, 2.24) is 5.32 Å². The van der Waals surface area contributed by atoms with Gasteiger partial charge < -0.3 is 15.0 Å². The van der Waals surface area contributed by atoms with Crippen LogP contribution in [0.4, 0.5) is 17.1 Å². The summed E-state index contributed by atoms with van der Waals surface area (Å²) in [6, 6.07) is 12.0. The second-order valence-electron chi connectivity index (χ2n) is 6.23. The first-order valence-electron chi connectivity index (χ1n) is 8.75. The maximum atomic E-state index is 12.5. The Kier molecular flexibility index (Phi) is 6.17. The van der Waals surface area contributed by atoms with Gasteiger partial charge in [0.25, 0.3) is 11.6 Å². The van der Waals surface area contributed by atoms with Crippen molar-refractivity contribution in [2.75, 3.05) is 36.5 Å². The van der Waals surface area contributed by atoms with Gasteiger partial charge in [-0.3, -0.25) is 20.2 Å². The Bertz CT molecular complexity index is 913. The molecule has 8 nitrogen and oxygen atoms in total. The smallest absolute Gasteiger partial charge is 0.273 e. The van der Waals surface area contributed by atoms with E-state index in [-0.39, 0.29) is 16.4 Å². The van der Waals surface area contributed by atoms with Crippen molar-refractivity contribution in [3.05, 3.63) is 63.7 Å². The van der Waals surface area contributed by atoms with Crippen molar-refractivity contribution in [2.45, 2.75) is 6.92 Å². The molecule has 9 heteroatoms. The van der Waals surface area contributed by atoms with E-state index in [0.717, 1.165) is 24.5 Å². The second kappa shape index (κ2) is 8.77. The summed E-state index contributed by atoms with van der Waals surface area (Å²) in [6.07, 6.45) is 0. The van der Waals surface area contributed by atoms with Crippen LogP contribution >= 0.6 is 12.2 Å². The Morgan fingerprint density at radius 2 is 1.89 bits per heavy atom. The number of thiocarbonyl (C=S) groups is 1.